The normalized spacial score (nSPS) is 34.6. The number of nitrogens with two attached hydrogens (primary N) is 1. The van der Waals surface area contributed by atoms with E-state index in [-0.39, 0.29) is 30.6 Å². The fraction of sp³-hybridized carbons (Fsp3) is 0.867. The molecule has 0 aromatic carbocycles. The molecule has 20 heavy (non-hydrogen) atoms. The van der Waals surface area contributed by atoms with Crippen LogP contribution in [0.2, 0.25) is 0 Å². The van der Waals surface area contributed by atoms with E-state index in [2.05, 4.69) is 0 Å². The summed E-state index contributed by atoms with van der Waals surface area (Å²) in [4.78, 5) is 22.9. The van der Waals surface area contributed by atoms with Crippen molar-refractivity contribution in [3.8, 4) is 0 Å². The number of carbonyl (C=O) groups is 2. The van der Waals surface area contributed by atoms with Crippen molar-refractivity contribution in [2.24, 2.45) is 17.6 Å². The molecule has 0 radical (unpaired) electrons. The van der Waals surface area contributed by atoms with Gasteiger partial charge in [-0.2, -0.15) is 0 Å². The van der Waals surface area contributed by atoms with E-state index in [9.17, 15) is 9.59 Å². The Morgan fingerprint density at radius 3 is 1.95 bits per heavy atom. The Balaban J connectivity index is 1.73. The van der Waals surface area contributed by atoms with Crippen LogP contribution in [0.3, 0.4) is 0 Å². The molecule has 0 aliphatic heterocycles. The third kappa shape index (κ3) is 4.28. The number of rotatable bonds is 5. The highest BCUT2D eigenvalue weighted by Crippen LogP contribution is 2.33. The summed E-state index contributed by atoms with van der Waals surface area (Å²) in [6.07, 6.45) is 7.10. The maximum atomic E-state index is 12.5. The molecule has 0 aromatic heterocycles. The van der Waals surface area contributed by atoms with Crippen LogP contribution in [0.1, 0.15) is 51.4 Å². The van der Waals surface area contributed by atoms with Crippen LogP contribution in [0.5, 0.6) is 0 Å². The number of carbonyl (C=O) groups excluding carboxylic acids is 1. The van der Waals surface area contributed by atoms with Gasteiger partial charge in [-0.05, 0) is 51.4 Å². The fourth-order valence-electron chi connectivity index (χ4n) is 3.44. The molecule has 2 aliphatic carbocycles. The van der Waals surface area contributed by atoms with Crippen molar-refractivity contribution in [2.45, 2.75) is 63.5 Å². The molecule has 2 saturated carbocycles. The number of ketones is 1. The second-order valence-corrected chi connectivity index (χ2v) is 6.19. The third-order valence-corrected chi connectivity index (χ3v) is 4.69. The molecule has 5 heteroatoms. The van der Waals surface area contributed by atoms with Crippen LogP contribution in [-0.4, -0.2) is 35.6 Å². The SMILES string of the molecule is NC1CCC(C(=O)C2CCC(OCC(=O)O)CC2)CC1. The highest BCUT2D eigenvalue weighted by atomic mass is 16.5. The van der Waals surface area contributed by atoms with Gasteiger partial charge in [0.15, 0.2) is 0 Å². The Labute approximate surface area is 119 Å². The Morgan fingerprint density at radius 1 is 0.950 bits per heavy atom. The van der Waals surface area contributed by atoms with Crippen LogP contribution < -0.4 is 5.73 Å². The highest BCUT2D eigenvalue weighted by molar-refractivity contribution is 5.83. The predicted octanol–water partition coefficient (Wildman–Crippen LogP) is 1.73. The number of carboxylic acid groups (broad SMARTS) is 1. The lowest BCUT2D eigenvalue weighted by atomic mass is 9.75. The van der Waals surface area contributed by atoms with E-state index in [0.29, 0.717) is 5.78 Å². The van der Waals surface area contributed by atoms with E-state index in [0.717, 1.165) is 51.4 Å². The van der Waals surface area contributed by atoms with E-state index in [4.69, 9.17) is 15.6 Å². The van der Waals surface area contributed by atoms with Crippen LogP contribution in [0, 0.1) is 11.8 Å². The molecule has 0 saturated heterocycles. The summed E-state index contributed by atoms with van der Waals surface area (Å²) in [5, 5.41) is 8.59. The van der Waals surface area contributed by atoms with E-state index in [1.807, 2.05) is 0 Å². The summed E-state index contributed by atoms with van der Waals surface area (Å²) in [6.45, 7) is -0.232. The van der Waals surface area contributed by atoms with Crippen molar-refractivity contribution >= 4 is 11.8 Å². The largest absolute Gasteiger partial charge is 0.480 e. The van der Waals surface area contributed by atoms with Crippen molar-refractivity contribution in [3.63, 3.8) is 0 Å². The molecule has 0 atom stereocenters. The quantitative estimate of drug-likeness (QED) is 0.802. The minimum atomic E-state index is -0.929. The molecule has 2 rings (SSSR count). The molecule has 2 fully saturated rings. The summed E-state index contributed by atoms with van der Waals surface area (Å²) in [5.74, 6) is -0.161. The lowest BCUT2D eigenvalue weighted by molar-refractivity contribution is -0.146. The van der Waals surface area contributed by atoms with Gasteiger partial charge >= 0.3 is 5.97 Å². The number of hydrogen-bond acceptors (Lipinski definition) is 4. The molecule has 0 unspecified atom stereocenters. The van der Waals surface area contributed by atoms with Gasteiger partial charge in [0.2, 0.25) is 0 Å². The second kappa shape index (κ2) is 7.18. The number of ether oxygens (including phenoxy) is 1. The zero-order valence-corrected chi connectivity index (χ0v) is 11.9. The summed E-state index contributed by atoms with van der Waals surface area (Å²) < 4.78 is 5.30. The monoisotopic (exact) mass is 283 g/mol. The first-order valence-electron chi connectivity index (χ1n) is 7.69. The van der Waals surface area contributed by atoms with Gasteiger partial charge in [-0.25, -0.2) is 4.79 Å². The summed E-state index contributed by atoms with van der Waals surface area (Å²) >= 11 is 0. The van der Waals surface area contributed by atoms with Crippen LogP contribution in [-0.2, 0) is 14.3 Å². The molecule has 0 spiro atoms. The maximum Gasteiger partial charge on any atom is 0.329 e. The van der Waals surface area contributed by atoms with Gasteiger partial charge < -0.3 is 15.6 Å². The molecule has 114 valence electrons. The zero-order valence-electron chi connectivity index (χ0n) is 11.9. The zero-order chi connectivity index (χ0) is 14.5. The fourth-order valence-corrected chi connectivity index (χ4v) is 3.44. The standard InChI is InChI=1S/C15H25NO4/c16-12-5-1-10(2-6-12)15(19)11-3-7-13(8-4-11)20-9-14(17)18/h10-13H,1-9,16H2,(H,17,18). The molecule has 2 aliphatic rings. The predicted molar refractivity (Wildman–Crippen MR) is 74.3 cm³/mol. The molecule has 0 bridgehead atoms. The Morgan fingerprint density at radius 2 is 1.45 bits per heavy atom. The minimum absolute atomic E-state index is 0.00919. The second-order valence-electron chi connectivity index (χ2n) is 6.19. The minimum Gasteiger partial charge on any atom is -0.480 e. The summed E-state index contributed by atoms with van der Waals surface area (Å²) in [6, 6.07) is 0.277. The number of carboxylic acids is 1. The van der Waals surface area contributed by atoms with E-state index in [1.54, 1.807) is 0 Å². The summed E-state index contributed by atoms with van der Waals surface area (Å²) in [7, 11) is 0. The molecule has 3 N–H and O–H groups in total. The number of aliphatic carboxylic acids is 1. The van der Waals surface area contributed by atoms with Gasteiger partial charge in [0.25, 0.3) is 0 Å². The maximum absolute atomic E-state index is 12.5. The highest BCUT2D eigenvalue weighted by Gasteiger charge is 2.32. The first kappa shape index (κ1) is 15.4. The Bertz CT molecular complexity index is 342. The van der Waals surface area contributed by atoms with Crippen molar-refractivity contribution in [1.29, 1.82) is 0 Å². The molecule has 5 nitrogen and oxygen atoms in total. The first-order chi connectivity index (χ1) is 9.56. The summed E-state index contributed by atoms with van der Waals surface area (Å²) in [5.41, 5.74) is 5.88. The Hall–Kier alpha value is -0.940. The number of Topliss-reactive ketones (excluding diaryl/α,β-unsaturated/α-hetero) is 1. The van der Waals surface area contributed by atoms with Crippen molar-refractivity contribution in [2.75, 3.05) is 6.61 Å². The van der Waals surface area contributed by atoms with Gasteiger partial charge in [-0.3, -0.25) is 4.79 Å². The lowest BCUT2D eigenvalue weighted by Crippen LogP contribution is -2.35. The van der Waals surface area contributed by atoms with E-state index < -0.39 is 5.97 Å². The molecular weight excluding hydrogens is 258 g/mol. The van der Waals surface area contributed by atoms with Gasteiger partial charge in [0.1, 0.15) is 12.4 Å². The molecular formula is C15H25NO4. The average Bonchev–Trinajstić information content (AvgIpc) is 2.46. The van der Waals surface area contributed by atoms with Gasteiger partial charge in [-0.1, -0.05) is 0 Å². The van der Waals surface area contributed by atoms with Crippen LogP contribution in [0.4, 0.5) is 0 Å². The van der Waals surface area contributed by atoms with Crippen LogP contribution >= 0.6 is 0 Å². The first-order valence-corrected chi connectivity index (χ1v) is 7.69. The topological polar surface area (TPSA) is 89.6 Å². The Kier molecular flexibility index (Phi) is 5.54. The average molecular weight is 283 g/mol. The van der Waals surface area contributed by atoms with E-state index in [1.165, 1.54) is 0 Å². The van der Waals surface area contributed by atoms with Crippen molar-refractivity contribution in [1.82, 2.24) is 0 Å². The van der Waals surface area contributed by atoms with Crippen molar-refractivity contribution < 1.29 is 19.4 Å². The van der Waals surface area contributed by atoms with Crippen LogP contribution in [0.15, 0.2) is 0 Å². The van der Waals surface area contributed by atoms with Gasteiger partial charge in [-0.15, -0.1) is 0 Å². The van der Waals surface area contributed by atoms with E-state index >= 15 is 0 Å². The third-order valence-electron chi connectivity index (χ3n) is 4.69. The number of hydrogen-bond donors (Lipinski definition) is 2. The van der Waals surface area contributed by atoms with Crippen molar-refractivity contribution in [3.05, 3.63) is 0 Å². The lowest BCUT2D eigenvalue weighted by Gasteiger charge is -2.32. The van der Waals surface area contributed by atoms with Crippen LogP contribution in [0.25, 0.3) is 0 Å². The molecule has 0 amide bonds. The molecule has 0 aromatic rings. The van der Waals surface area contributed by atoms with Gasteiger partial charge in [0, 0.05) is 17.9 Å². The molecule has 0 heterocycles. The smallest absolute Gasteiger partial charge is 0.329 e. The van der Waals surface area contributed by atoms with Gasteiger partial charge in [0.05, 0.1) is 6.10 Å².